The molecule has 2 rings (SSSR count). The second-order valence-electron chi connectivity index (χ2n) is 5.56. The van der Waals surface area contributed by atoms with Crippen LogP contribution in [0.3, 0.4) is 0 Å². The van der Waals surface area contributed by atoms with Gasteiger partial charge in [-0.15, -0.1) is 0 Å². The van der Waals surface area contributed by atoms with Crippen molar-refractivity contribution in [3.8, 4) is 5.75 Å². The summed E-state index contributed by atoms with van der Waals surface area (Å²) < 4.78 is 5.99. The first kappa shape index (κ1) is 16.9. The highest BCUT2D eigenvalue weighted by molar-refractivity contribution is 6.30. The van der Waals surface area contributed by atoms with Gasteiger partial charge in [-0.2, -0.15) is 0 Å². The van der Waals surface area contributed by atoms with Gasteiger partial charge in [0.1, 0.15) is 12.4 Å². The largest absolute Gasteiger partial charge is 0.489 e. The number of hydrogen-bond acceptors (Lipinski definition) is 2. The van der Waals surface area contributed by atoms with E-state index in [1.165, 1.54) is 24.0 Å². The molecule has 118 valence electrons. The van der Waals surface area contributed by atoms with E-state index >= 15 is 0 Å². The van der Waals surface area contributed by atoms with Crippen LogP contribution in [0.2, 0.25) is 5.02 Å². The second-order valence-corrected chi connectivity index (χ2v) is 6.00. The highest BCUT2D eigenvalue weighted by Crippen LogP contribution is 2.24. The molecule has 0 fully saturated rings. The Morgan fingerprint density at radius 3 is 2.77 bits per heavy atom. The summed E-state index contributed by atoms with van der Waals surface area (Å²) in [7, 11) is 0. The lowest BCUT2D eigenvalue weighted by molar-refractivity contribution is 0.302. The molecule has 0 saturated carbocycles. The quantitative estimate of drug-likeness (QED) is 0.682. The van der Waals surface area contributed by atoms with E-state index < -0.39 is 0 Å². The molecule has 0 spiro atoms. The standard InChI is InChI=1S/C19H24ClNO/c1-3-4-10-21-13-17-12-18(20)8-9-19(17)22-14-16-7-5-6-15(2)11-16/h5-9,11-12,21H,3-4,10,13-14H2,1-2H3. The monoisotopic (exact) mass is 317 g/mol. The minimum atomic E-state index is 0.575. The Morgan fingerprint density at radius 1 is 1.14 bits per heavy atom. The molecule has 0 amide bonds. The number of benzene rings is 2. The van der Waals surface area contributed by atoms with Crippen LogP contribution in [0.5, 0.6) is 5.75 Å². The van der Waals surface area contributed by atoms with Crippen LogP contribution in [0, 0.1) is 6.92 Å². The molecular weight excluding hydrogens is 294 g/mol. The lowest BCUT2D eigenvalue weighted by Gasteiger charge is -2.13. The van der Waals surface area contributed by atoms with Crippen molar-refractivity contribution in [1.29, 1.82) is 0 Å². The van der Waals surface area contributed by atoms with Crippen LogP contribution in [-0.2, 0) is 13.2 Å². The molecule has 0 saturated heterocycles. The number of nitrogens with one attached hydrogen (secondary N) is 1. The van der Waals surface area contributed by atoms with Gasteiger partial charge in [0.25, 0.3) is 0 Å². The average molecular weight is 318 g/mol. The van der Waals surface area contributed by atoms with Crippen LogP contribution in [-0.4, -0.2) is 6.54 Å². The molecule has 0 bridgehead atoms. The van der Waals surface area contributed by atoms with Crippen molar-refractivity contribution in [3.63, 3.8) is 0 Å². The summed E-state index contributed by atoms with van der Waals surface area (Å²) in [5, 5.41) is 4.18. The zero-order valence-electron chi connectivity index (χ0n) is 13.4. The van der Waals surface area contributed by atoms with E-state index in [4.69, 9.17) is 16.3 Å². The van der Waals surface area contributed by atoms with Gasteiger partial charge < -0.3 is 10.1 Å². The third-order valence-corrected chi connectivity index (χ3v) is 3.76. The van der Waals surface area contributed by atoms with Gasteiger partial charge in [0, 0.05) is 17.1 Å². The maximum Gasteiger partial charge on any atom is 0.124 e. The van der Waals surface area contributed by atoms with E-state index in [0.717, 1.165) is 29.4 Å². The summed E-state index contributed by atoms with van der Waals surface area (Å²) in [6.45, 7) is 6.65. The van der Waals surface area contributed by atoms with Crippen LogP contribution < -0.4 is 10.1 Å². The maximum absolute atomic E-state index is 6.11. The number of unbranched alkanes of at least 4 members (excludes halogenated alkanes) is 1. The first-order valence-electron chi connectivity index (χ1n) is 7.86. The molecule has 0 aliphatic carbocycles. The molecule has 0 atom stereocenters. The molecule has 0 aliphatic heterocycles. The van der Waals surface area contributed by atoms with Gasteiger partial charge in [0.05, 0.1) is 0 Å². The molecule has 1 N–H and O–H groups in total. The Balaban J connectivity index is 1.99. The first-order valence-corrected chi connectivity index (χ1v) is 8.24. The van der Waals surface area contributed by atoms with Gasteiger partial charge >= 0.3 is 0 Å². The van der Waals surface area contributed by atoms with Crippen LogP contribution in [0.15, 0.2) is 42.5 Å². The minimum absolute atomic E-state index is 0.575. The fraction of sp³-hybridized carbons (Fsp3) is 0.368. The van der Waals surface area contributed by atoms with E-state index in [1.807, 2.05) is 18.2 Å². The summed E-state index contributed by atoms with van der Waals surface area (Å²) >= 11 is 6.11. The van der Waals surface area contributed by atoms with Crippen molar-refractivity contribution >= 4 is 11.6 Å². The molecule has 2 aromatic rings. The Kier molecular flexibility index (Phi) is 6.75. The molecule has 0 unspecified atom stereocenters. The van der Waals surface area contributed by atoms with Crippen molar-refractivity contribution in [2.75, 3.05) is 6.54 Å². The van der Waals surface area contributed by atoms with E-state index in [-0.39, 0.29) is 0 Å². The van der Waals surface area contributed by atoms with Crippen molar-refractivity contribution in [2.24, 2.45) is 0 Å². The first-order chi connectivity index (χ1) is 10.7. The van der Waals surface area contributed by atoms with E-state index in [0.29, 0.717) is 6.61 Å². The summed E-state index contributed by atoms with van der Waals surface area (Å²) in [5.41, 5.74) is 3.54. The molecule has 2 nitrogen and oxygen atoms in total. The van der Waals surface area contributed by atoms with Gasteiger partial charge in [-0.3, -0.25) is 0 Å². The summed E-state index contributed by atoms with van der Waals surface area (Å²) in [4.78, 5) is 0. The summed E-state index contributed by atoms with van der Waals surface area (Å²) in [6.07, 6.45) is 2.37. The van der Waals surface area contributed by atoms with Crippen molar-refractivity contribution < 1.29 is 4.74 Å². The maximum atomic E-state index is 6.11. The van der Waals surface area contributed by atoms with Gasteiger partial charge in [-0.1, -0.05) is 54.8 Å². The SMILES string of the molecule is CCCCNCc1cc(Cl)ccc1OCc1cccc(C)c1. The summed E-state index contributed by atoms with van der Waals surface area (Å²) in [6, 6.07) is 14.2. The molecule has 0 heterocycles. The van der Waals surface area contributed by atoms with E-state index in [9.17, 15) is 0 Å². The number of rotatable bonds is 8. The Morgan fingerprint density at radius 2 is 2.00 bits per heavy atom. The smallest absolute Gasteiger partial charge is 0.124 e. The number of ether oxygens (including phenoxy) is 1. The zero-order chi connectivity index (χ0) is 15.8. The zero-order valence-corrected chi connectivity index (χ0v) is 14.1. The molecule has 0 radical (unpaired) electrons. The topological polar surface area (TPSA) is 21.3 Å². The number of halogens is 1. The second kappa shape index (κ2) is 8.82. The molecule has 22 heavy (non-hydrogen) atoms. The number of hydrogen-bond donors (Lipinski definition) is 1. The molecular formula is C19H24ClNO. The predicted octanol–water partition coefficient (Wildman–Crippen LogP) is 5.12. The minimum Gasteiger partial charge on any atom is -0.489 e. The predicted molar refractivity (Wildman–Crippen MR) is 93.6 cm³/mol. The number of aryl methyl sites for hydroxylation is 1. The molecule has 0 aromatic heterocycles. The third-order valence-electron chi connectivity index (χ3n) is 3.52. The van der Waals surface area contributed by atoms with Gasteiger partial charge in [0.2, 0.25) is 0 Å². The fourth-order valence-corrected chi connectivity index (χ4v) is 2.51. The normalized spacial score (nSPS) is 10.7. The molecule has 3 heteroatoms. The highest BCUT2D eigenvalue weighted by Gasteiger charge is 2.05. The van der Waals surface area contributed by atoms with Crippen molar-refractivity contribution in [1.82, 2.24) is 5.32 Å². The summed E-state index contributed by atoms with van der Waals surface area (Å²) in [5.74, 6) is 0.898. The highest BCUT2D eigenvalue weighted by atomic mass is 35.5. The Bertz CT molecular complexity index is 598. The van der Waals surface area contributed by atoms with Gasteiger partial charge in [-0.25, -0.2) is 0 Å². The van der Waals surface area contributed by atoms with Crippen LogP contribution in [0.25, 0.3) is 0 Å². The van der Waals surface area contributed by atoms with Crippen molar-refractivity contribution in [2.45, 2.75) is 39.8 Å². The fourth-order valence-electron chi connectivity index (χ4n) is 2.31. The van der Waals surface area contributed by atoms with Gasteiger partial charge in [-0.05, 0) is 43.7 Å². The van der Waals surface area contributed by atoms with Crippen LogP contribution >= 0.6 is 11.6 Å². The van der Waals surface area contributed by atoms with Crippen LogP contribution in [0.1, 0.15) is 36.5 Å². The average Bonchev–Trinajstić information content (AvgIpc) is 2.51. The van der Waals surface area contributed by atoms with Crippen molar-refractivity contribution in [3.05, 3.63) is 64.2 Å². The van der Waals surface area contributed by atoms with Gasteiger partial charge in [0.15, 0.2) is 0 Å². The lowest BCUT2D eigenvalue weighted by atomic mass is 10.1. The molecule has 0 aliphatic rings. The Hall–Kier alpha value is -1.51. The lowest BCUT2D eigenvalue weighted by Crippen LogP contribution is -2.15. The Labute approximate surface area is 138 Å². The molecule has 2 aromatic carbocycles. The van der Waals surface area contributed by atoms with Crippen LogP contribution in [0.4, 0.5) is 0 Å². The van der Waals surface area contributed by atoms with E-state index in [2.05, 4.69) is 43.4 Å². The van der Waals surface area contributed by atoms with E-state index in [1.54, 1.807) is 0 Å². The third kappa shape index (κ3) is 5.36.